The van der Waals surface area contributed by atoms with Gasteiger partial charge < -0.3 is 9.72 Å². The maximum Gasteiger partial charge on any atom is 0.573 e. The minimum Gasteiger partial charge on any atom is -0.406 e. The number of imidazole rings is 1. The normalized spacial score (nSPS) is 16.4. The molecule has 5 nitrogen and oxygen atoms in total. The Labute approximate surface area is 169 Å². The molecule has 1 aliphatic rings. The number of piperidine rings is 1. The van der Waals surface area contributed by atoms with Crippen molar-refractivity contribution < 1.29 is 17.9 Å². The van der Waals surface area contributed by atoms with Crippen LogP contribution in [0.2, 0.25) is 5.02 Å². The first-order valence-electron chi connectivity index (χ1n) is 9.26. The number of alkyl halides is 3. The number of ether oxygens (including phenoxy) is 1. The molecule has 29 heavy (non-hydrogen) atoms. The summed E-state index contributed by atoms with van der Waals surface area (Å²) in [5.74, 6) is -0.354. The number of benzene rings is 2. The molecule has 3 aromatic rings. The second-order valence-corrected chi connectivity index (χ2v) is 7.53. The summed E-state index contributed by atoms with van der Waals surface area (Å²) in [6.07, 6.45) is -3.25. The van der Waals surface area contributed by atoms with Crippen molar-refractivity contribution in [3.63, 3.8) is 0 Å². The first kappa shape index (κ1) is 19.8. The minimum atomic E-state index is -4.77. The Balaban J connectivity index is 1.49. The van der Waals surface area contributed by atoms with Crippen LogP contribution in [0, 0.1) is 0 Å². The third-order valence-electron chi connectivity index (χ3n) is 5.20. The Morgan fingerprint density at radius 2 is 1.86 bits per heavy atom. The van der Waals surface area contributed by atoms with Crippen molar-refractivity contribution >= 4 is 22.6 Å². The lowest BCUT2D eigenvalue weighted by Crippen LogP contribution is -2.36. The zero-order chi connectivity index (χ0) is 20.6. The lowest BCUT2D eigenvalue weighted by molar-refractivity contribution is -0.274. The molecule has 9 heteroatoms. The van der Waals surface area contributed by atoms with Crippen molar-refractivity contribution in [2.45, 2.75) is 31.8 Å². The third-order valence-corrected chi connectivity index (χ3v) is 5.56. The van der Waals surface area contributed by atoms with Crippen LogP contribution in [0.3, 0.4) is 0 Å². The molecule has 1 aromatic heterocycles. The summed E-state index contributed by atoms with van der Waals surface area (Å²) in [7, 11) is 0. The highest BCUT2D eigenvalue weighted by molar-refractivity contribution is 6.31. The molecule has 0 radical (unpaired) electrons. The zero-order valence-electron chi connectivity index (χ0n) is 15.4. The molecule has 1 saturated heterocycles. The fraction of sp³-hybridized carbons (Fsp3) is 0.350. The van der Waals surface area contributed by atoms with Gasteiger partial charge in [0.1, 0.15) is 5.75 Å². The molecule has 0 amide bonds. The van der Waals surface area contributed by atoms with E-state index in [1.807, 2.05) is 24.3 Å². The van der Waals surface area contributed by atoms with E-state index in [-0.39, 0.29) is 17.5 Å². The van der Waals surface area contributed by atoms with Crippen molar-refractivity contribution in [2.75, 3.05) is 13.1 Å². The summed E-state index contributed by atoms with van der Waals surface area (Å²) in [6.45, 7) is 2.34. The quantitative estimate of drug-likeness (QED) is 0.658. The third kappa shape index (κ3) is 4.43. The maximum absolute atomic E-state index is 12.5. The van der Waals surface area contributed by atoms with Crippen LogP contribution in [0.1, 0.15) is 24.4 Å². The molecular weight excluding hydrogens is 407 g/mol. The van der Waals surface area contributed by atoms with Crippen LogP contribution in [-0.2, 0) is 6.54 Å². The monoisotopic (exact) mass is 425 g/mol. The van der Waals surface area contributed by atoms with Gasteiger partial charge in [-0.15, -0.1) is 13.2 Å². The average Bonchev–Trinajstić information content (AvgIpc) is 2.98. The van der Waals surface area contributed by atoms with E-state index in [9.17, 15) is 18.0 Å². The number of nitrogens with zero attached hydrogens (tertiary/aromatic N) is 2. The fourth-order valence-electron chi connectivity index (χ4n) is 3.87. The van der Waals surface area contributed by atoms with Gasteiger partial charge in [-0.25, -0.2) is 4.79 Å². The van der Waals surface area contributed by atoms with Crippen LogP contribution in [0.25, 0.3) is 11.0 Å². The molecule has 0 spiro atoms. The lowest BCUT2D eigenvalue weighted by Gasteiger charge is -2.32. The molecule has 0 saturated carbocycles. The summed E-state index contributed by atoms with van der Waals surface area (Å²) >= 11 is 6.24. The standard InChI is InChI=1S/C20H19ClF3N3O2/c21-16-4-2-1-3-13(16)12-26-9-7-14(8-10-26)27-18-6-5-15(29-20(22,23)24)11-17(18)25-19(27)28/h1-6,11,14H,7-10,12H2,(H,25,28). The molecule has 0 atom stereocenters. The first-order chi connectivity index (χ1) is 13.8. The summed E-state index contributed by atoms with van der Waals surface area (Å²) < 4.78 is 42.8. The molecule has 2 heterocycles. The molecule has 4 rings (SSSR count). The lowest BCUT2D eigenvalue weighted by atomic mass is 10.0. The van der Waals surface area contributed by atoms with Crippen molar-refractivity contribution in [3.8, 4) is 5.75 Å². The van der Waals surface area contributed by atoms with Gasteiger partial charge in [0, 0.05) is 36.8 Å². The smallest absolute Gasteiger partial charge is 0.406 e. The minimum absolute atomic E-state index is 0.0203. The predicted molar refractivity (Wildman–Crippen MR) is 104 cm³/mol. The van der Waals surface area contributed by atoms with Gasteiger partial charge in [0.2, 0.25) is 0 Å². The van der Waals surface area contributed by atoms with E-state index < -0.39 is 6.36 Å². The van der Waals surface area contributed by atoms with Gasteiger partial charge in [-0.1, -0.05) is 29.8 Å². The number of H-pyrrole nitrogens is 1. The Bertz CT molecular complexity index is 1070. The van der Waals surface area contributed by atoms with Gasteiger partial charge in [0.25, 0.3) is 0 Å². The van der Waals surface area contributed by atoms with Gasteiger partial charge in [-0.2, -0.15) is 0 Å². The highest BCUT2D eigenvalue weighted by Crippen LogP contribution is 2.29. The number of aromatic amines is 1. The van der Waals surface area contributed by atoms with E-state index in [1.54, 1.807) is 4.57 Å². The number of hydrogen-bond donors (Lipinski definition) is 1. The first-order valence-corrected chi connectivity index (χ1v) is 9.64. The summed E-state index contributed by atoms with van der Waals surface area (Å²) in [5.41, 5.74) is 1.65. The number of fused-ring (bicyclic) bond motifs is 1. The van der Waals surface area contributed by atoms with E-state index in [0.29, 0.717) is 11.0 Å². The molecule has 2 aromatic carbocycles. The summed E-state index contributed by atoms with van der Waals surface area (Å²) in [6, 6.07) is 11.6. The molecule has 0 bridgehead atoms. The van der Waals surface area contributed by atoms with E-state index in [4.69, 9.17) is 11.6 Å². The molecule has 0 aliphatic carbocycles. The van der Waals surface area contributed by atoms with Crippen LogP contribution in [0.5, 0.6) is 5.75 Å². The van der Waals surface area contributed by atoms with E-state index in [0.717, 1.165) is 43.1 Å². The molecule has 0 unspecified atom stereocenters. The van der Waals surface area contributed by atoms with Crippen molar-refractivity contribution in [1.82, 2.24) is 14.5 Å². The number of likely N-dealkylation sites (tertiary alicyclic amines) is 1. The number of hydrogen-bond acceptors (Lipinski definition) is 3. The van der Waals surface area contributed by atoms with Crippen molar-refractivity contribution in [2.24, 2.45) is 0 Å². The molecule has 1 N–H and O–H groups in total. The van der Waals surface area contributed by atoms with Gasteiger partial charge in [-0.05, 0) is 36.6 Å². The number of rotatable bonds is 4. The maximum atomic E-state index is 12.5. The van der Waals surface area contributed by atoms with Crippen LogP contribution in [-0.4, -0.2) is 33.9 Å². The Hall–Kier alpha value is -2.45. The number of nitrogens with one attached hydrogen (secondary N) is 1. The molecule has 154 valence electrons. The Morgan fingerprint density at radius 3 is 2.55 bits per heavy atom. The van der Waals surface area contributed by atoms with Crippen LogP contribution in [0.4, 0.5) is 13.2 Å². The average molecular weight is 426 g/mol. The second kappa shape index (κ2) is 7.76. The largest absolute Gasteiger partial charge is 0.573 e. The number of aromatic nitrogens is 2. The summed E-state index contributed by atoms with van der Waals surface area (Å²) in [4.78, 5) is 17.4. The van der Waals surface area contributed by atoms with Crippen LogP contribution >= 0.6 is 11.6 Å². The second-order valence-electron chi connectivity index (χ2n) is 7.13. The highest BCUT2D eigenvalue weighted by atomic mass is 35.5. The zero-order valence-corrected chi connectivity index (χ0v) is 16.1. The van der Waals surface area contributed by atoms with Crippen LogP contribution < -0.4 is 10.4 Å². The van der Waals surface area contributed by atoms with Crippen LogP contribution in [0.15, 0.2) is 47.3 Å². The van der Waals surface area contributed by atoms with Crippen molar-refractivity contribution in [3.05, 3.63) is 63.5 Å². The Morgan fingerprint density at radius 1 is 1.14 bits per heavy atom. The van der Waals surface area contributed by atoms with Crippen molar-refractivity contribution in [1.29, 1.82) is 0 Å². The topological polar surface area (TPSA) is 50.3 Å². The molecule has 1 aliphatic heterocycles. The molecule has 1 fully saturated rings. The molecular formula is C20H19ClF3N3O2. The number of halogens is 4. The SMILES string of the molecule is O=c1[nH]c2cc(OC(F)(F)F)ccc2n1C1CCN(Cc2ccccc2Cl)CC1. The van der Waals surface area contributed by atoms with E-state index in [1.165, 1.54) is 18.2 Å². The van der Waals surface area contributed by atoms with Gasteiger partial charge in [-0.3, -0.25) is 9.47 Å². The van der Waals surface area contributed by atoms with Gasteiger partial charge >= 0.3 is 12.1 Å². The highest BCUT2D eigenvalue weighted by Gasteiger charge is 2.31. The Kier molecular flexibility index (Phi) is 5.31. The van der Waals surface area contributed by atoms with E-state index in [2.05, 4.69) is 14.6 Å². The fourth-order valence-corrected chi connectivity index (χ4v) is 4.07. The van der Waals surface area contributed by atoms with E-state index >= 15 is 0 Å². The summed E-state index contributed by atoms with van der Waals surface area (Å²) in [5, 5.41) is 0.736. The van der Waals surface area contributed by atoms with Gasteiger partial charge in [0.05, 0.1) is 11.0 Å². The predicted octanol–water partition coefficient (Wildman–Crippen LogP) is 4.72. The van der Waals surface area contributed by atoms with Gasteiger partial charge in [0.15, 0.2) is 0 Å².